The maximum atomic E-state index is 11.8. The van der Waals surface area contributed by atoms with Gasteiger partial charge in [0.2, 0.25) is 10.0 Å². The van der Waals surface area contributed by atoms with Crippen molar-refractivity contribution in [3.8, 4) is 0 Å². The number of para-hydroxylation sites is 1. The van der Waals surface area contributed by atoms with E-state index in [9.17, 15) is 8.42 Å². The van der Waals surface area contributed by atoms with E-state index < -0.39 is 10.0 Å². The van der Waals surface area contributed by atoms with Crippen LogP contribution in [0.4, 0.5) is 5.69 Å². The molecule has 0 saturated carbocycles. The molecule has 2 rings (SSSR count). The van der Waals surface area contributed by atoms with Crippen LogP contribution in [0.3, 0.4) is 0 Å². The van der Waals surface area contributed by atoms with Gasteiger partial charge in [-0.05, 0) is 44.5 Å². The monoisotopic (exact) mass is 339 g/mol. The molecule has 1 aliphatic heterocycles. The summed E-state index contributed by atoms with van der Waals surface area (Å²) in [6.45, 7) is 7.13. The van der Waals surface area contributed by atoms with Gasteiger partial charge in [0.1, 0.15) is 0 Å². The minimum atomic E-state index is -3.07. The number of rotatable bonds is 6. The van der Waals surface area contributed by atoms with Crippen LogP contribution in [0, 0.1) is 6.92 Å². The zero-order valence-corrected chi connectivity index (χ0v) is 15.3. The number of benzene rings is 1. The van der Waals surface area contributed by atoms with Crippen molar-refractivity contribution >= 4 is 15.7 Å². The van der Waals surface area contributed by atoms with Crippen molar-refractivity contribution in [2.24, 2.45) is 0 Å². The Morgan fingerprint density at radius 3 is 2.52 bits per heavy atom. The van der Waals surface area contributed by atoms with Gasteiger partial charge in [0.05, 0.1) is 5.75 Å². The number of aryl methyl sites for hydroxylation is 1. The molecule has 1 aromatic rings. The van der Waals surface area contributed by atoms with Gasteiger partial charge in [-0.2, -0.15) is 0 Å². The lowest BCUT2D eigenvalue weighted by atomic mass is 10.2. The molecule has 1 aromatic carbocycles. The molecule has 1 saturated heterocycles. The fourth-order valence-corrected chi connectivity index (χ4v) is 3.87. The topological polar surface area (TPSA) is 43.9 Å². The van der Waals surface area contributed by atoms with Crippen molar-refractivity contribution in [3.63, 3.8) is 0 Å². The van der Waals surface area contributed by atoms with E-state index in [0.717, 1.165) is 39.1 Å². The van der Waals surface area contributed by atoms with E-state index in [2.05, 4.69) is 41.0 Å². The summed E-state index contributed by atoms with van der Waals surface area (Å²) in [6, 6.07) is 8.52. The maximum Gasteiger partial charge on any atom is 0.213 e. The van der Waals surface area contributed by atoms with E-state index in [1.54, 1.807) is 14.1 Å². The first-order chi connectivity index (χ1) is 10.9. The van der Waals surface area contributed by atoms with Crippen LogP contribution in [-0.4, -0.2) is 70.2 Å². The van der Waals surface area contributed by atoms with Gasteiger partial charge in [-0.25, -0.2) is 12.7 Å². The first-order valence-electron chi connectivity index (χ1n) is 8.33. The van der Waals surface area contributed by atoms with E-state index in [0.29, 0.717) is 6.42 Å². The van der Waals surface area contributed by atoms with Crippen molar-refractivity contribution in [3.05, 3.63) is 29.8 Å². The van der Waals surface area contributed by atoms with Crippen molar-refractivity contribution in [1.82, 2.24) is 9.21 Å². The largest absolute Gasteiger partial charge is 0.370 e. The standard InChI is InChI=1S/C17H29N3O2S/c1-16-8-4-5-9-17(16)20-12-6-10-19(13-14-20)11-7-15-23(21,22)18(2)3/h4-5,8-9H,6-7,10-15H2,1-3H3. The Labute approximate surface area is 140 Å². The summed E-state index contributed by atoms with van der Waals surface area (Å²) in [5, 5.41) is 0. The second-order valence-electron chi connectivity index (χ2n) is 6.42. The average molecular weight is 340 g/mol. The molecular formula is C17H29N3O2S. The van der Waals surface area contributed by atoms with Gasteiger partial charge in [-0.15, -0.1) is 0 Å². The third kappa shape index (κ3) is 5.19. The van der Waals surface area contributed by atoms with E-state index in [1.165, 1.54) is 15.6 Å². The van der Waals surface area contributed by atoms with Gasteiger partial charge in [0.25, 0.3) is 0 Å². The first-order valence-corrected chi connectivity index (χ1v) is 9.94. The number of hydrogen-bond donors (Lipinski definition) is 0. The van der Waals surface area contributed by atoms with Crippen LogP contribution >= 0.6 is 0 Å². The van der Waals surface area contributed by atoms with Crippen molar-refractivity contribution < 1.29 is 8.42 Å². The fraction of sp³-hybridized carbons (Fsp3) is 0.647. The summed E-state index contributed by atoms with van der Waals surface area (Å²) in [5.41, 5.74) is 2.64. The van der Waals surface area contributed by atoms with Gasteiger partial charge < -0.3 is 9.80 Å². The molecule has 0 unspecified atom stereocenters. The van der Waals surface area contributed by atoms with Gasteiger partial charge in [-0.3, -0.25) is 0 Å². The number of nitrogens with zero attached hydrogens (tertiary/aromatic N) is 3. The zero-order chi connectivity index (χ0) is 16.9. The minimum absolute atomic E-state index is 0.234. The lowest BCUT2D eigenvalue weighted by Crippen LogP contribution is -2.33. The van der Waals surface area contributed by atoms with Gasteiger partial charge >= 0.3 is 0 Å². The van der Waals surface area contributed by atoms with Crippen molar-refractivity contribution in [2.45, 2.75) is 19.8 Å². The predicted octanol–water partition coefficient (Wildman–Crippen LogP) is 1.79. The summed E-state index contributed by atoms with van der Waals surface area (Å²) in [6.07, 6.45) is 1.82. The molecule has 0 radical (unpaired) electrons. The fourth-order valence-electron chi connectivity index (χ4n) is 3.01. The van der Waals surface area contributed by atoms with Crippen LogP contribution in [0.15, 0.2) is 24.3 Å². The van der Waals surface area contributed by atoms with Crippen LogP contribution in [-0.2, 0) is 10.0 Å². The Hall–Kier alpha value is -1.11. The highest BCUT2D eigenvalue weighted by molar-refractivity contribution is 7.89. The summed E-state index contributed by atoms with van der Waals surface area (Å²) in [4.78, 5) is 4.84. The van der Waals surface area contributed by atoms with Gasteiger partial charge in [0, 0.05) is 39.4 Å². The molecule has 0 bridgehead atoms. The Kier molecular flexibility index (Phi) is 6.44. The third-order valence-electron chi connectivity index (χ3n) is 4.48. The lowest BCUT2D eigenvalue weighted by Gasteiger charge is -2.25. The second-order valence-corrected chi connectivity index (χ2v) is 8.72. The molecule has 1 fully saturated rings. The highest BCUT2D eigenvalue weighted by Gasteiger charge is 2.18. The first kappa shape index (κ1) is 18.2. The smallest absolute Gasteiger partial charge is 0.213 e. The molecule has 1 heterocycles. The molecule has 23 heavy (non-hydrogen) atoms. The Balaban J connectivity index is 1.84. The summed E-state index contributed by atoms with van der Waals surface area (Å²) in [7, 11) is 0.126. The Bertz CT molecular complexity index is 602. The average Bonchev–Trinajstić information content (AvgIpc) is 2.73. The molecule has 0 spiro atoms. The van der Waals surface area contributed by atoms with Gasteiger partial charge in [0.15, 0.2) is 0 Å². The minimum Gasteiger partial charge on any atom is -0.370 e. The number of sulfonamides is 1. The van der Waals surface area contributed by atoms with E-state index in [1.807, 2.05) is 0 Å². The van der Waals surface area contributed by atoms with Crippen LogP contribution in [0.25, 0.3) is 0 Å². The van der Waals surface area contributed by atoms with Crippen LogP contribution in [0.2, 0.25) is 0 Å². The number of hydrogen-bond acceptors (Lipinski definition) is 4. The molecule has 130 valence electrons. The molecule has 6 heteroatoms. The van der Waals surface area contributed by atoms with Crippen LogP contribution in [0.1, 0.15) is 18.4 Å². The van der Waals surface area contributed by atoms with Gasteiger partial charge in [-0.1, -0.05) is 18.2 Å². The quantitative estimate of drug-likeness (QED) is 0.793. The Morgan fingerprint density at radius 2 is 1.83 bits per heavy atom. The molecule has 0 amide bonds. The lowest BCUT2D eigenvalue weighted by molar-refractivity contribution is 0.294. The Morgan fingerprint density at radius 1 is 1.09 bits per heavy atom. The zero-order valence-electron chi connectivity index (χ0n) is 14.5. The van der Waals surface area contributed by atoms with Crippen LogP contribution in [0.5, 0.6) is 0 Å². The summed E-state index contributed by atoms with van der Waals surface area (Å²) >= 11 is 0. The highest BCUT2D eigenvalue weighted by Crippen LogP contribution is 2.20. The van der Waals surface area contributed by atoms with Crippen LogP contribution < -0.4 is 4.90 Å². The molecule has 0 N–H and O–H groups in total. The number of anilines is 1. The second kappa shape index (κ2) is 8.13. The van der Waals surface area contributed by atoms with E-state index in [-0.39, 0.29) is 5.75 Å². The molecular weight excluding hydrogens is 310 g/mol. The molecule has 0 aliphatic carbocycles. The van der Waals surface area contributed by atoms with E-state index in [4.69, 9.17) is 0 Å². The molecule has 0 aromatic heterocycles. The molecule has 1 aliphatic rings. The maximum absolute atomic E-state index is 11.8. The normalized spacial score (nSPS) is 17.5. The van der Waals surface area contributed by atoms with Crippen molar-refractivity contribution in [1.29, 1.82) is 0 Å². The summed E-state index contributed by atoms with van der Waals surface area (Å²) in [5.74, 6) is 0.234. The van der Waals surface area contributed by atoms with Crippen molar-refractivity contribution in [2.75, 3.05) is 57.5 Å². The highest BCUT2D eigenvalue weighted by atomic mass is 32.2. The molecule has 5 nitrogen and oxygen atoms in total. The van der Waals surface area contributed by atoms with E-state index >= 15 is 0 Å². The summed E-state index contributed by atoms with van der Waals surface area (Å²) < 4.78 is 24.9. The third-order valence-corrected chi connectivity index (χ3v) is 6.39. The SMILES string of the molecule is Cc1ccccc1N1CCCN(CCCS(=O)(=O)N(C)C)CC1. The molecule has 0 atom stereocenters. The predicted molar refractivity (Wildman–Crippen MR) is 96.5 cm³/mol.